The van der Waals surface area contributed by atoms with Crippen LogP contribution in [0.2, 0.25) is 0 Å². The highest BCUT2D eigenvalue weighted by Crippen LogP contribution is 2.12. The summed E-state index contributed by atoms with van der Waals surface area (Å²) in [5.41, 5.74) is 0. The van der Waals surface area contributed by atoms with E-state index in [-0.39, 0.29) is 0 Å². The molecule has 0 aromatic rings. The van der Waals surface area contributed by atoms with Crippen molar-refractivity contribution in [3.63, 3.8) is 0 Å². The van der Waals surface area contributed by atoms with Crippen LogP contribution in [0, 0.1) is 0 Å². The van der Waals surface area contributed by atoms with Gasteiger partial charge in [0.25, 0.3) is 0 Å². The second kappa shape index (κ2) is 24.9. The lowest BCUT2D eigenvalue weighted by Crippen LogP contribution is -1.84. The molecule has 0 aliphatic carbocycles. The fourth-order valence-corrected chi connectivity index (χ4v) is 2.31. The molecule has 0 bridgehead atoms. The lowest BCUT2D eigenvalue weighted by Gasteiger charge is -2.02. The zero-order valence-corrected chi connectivity index (χ0v) is 15.5. The monoisotopic (exact) mass is 300 g/mol. The van der Waals surface area contributed by atoms with Crippen LogP contribution in [-0.2, 0) is 0 Å². The smallest absolute Gasteiger partial charge is 0.0431 e. The quantitative estimate of drug-likeness (QED) is 0.315. The summed E-state index contributed by atoms with van der Waals surface area (Å²) in [5, 5.41) is 8.64. The van der Waals surface area contributed by atoms with Gasteiger partial charge in [0.2, 0.25) is 0 Å². The summed E-state index contributed by atoms with van der Waals surface area (Å²) in [6, 6.07) is 0. The van der Waals surface area contributed by atoms with Crippen LogP contribution >= 0.6 is 0 Å². The topological polar surface area (TPSA) is 20.2 Å². The molecule has 0 spiro atoms. The number of hydrogen-bond acceptors (Lipinski definition) is 1. The summed E-state index contributed by atoms with van der Waals surface area (Å²) in [6.07, 6.45) is 21.8. The van der Waals surface area contributed by atoms with E-state index in [4.69, 9.17) is 5.11 Å². The van der Waals surface area contributed by atoms with Gasteiger partial charge in [-0.05, 0) is 6.42 Å². The van der Waals surface area contributed by atoms with Crippen molar-refractivity contribution in [2.75, 3.05) is 6.61 Å². The molecular weight excluding hydrogens is 256 g/mol. The molecule has 1 N–H and O–H groups in total. The molecule has 0 fully saturated rings. The fraction of sp³-hybridized carbons (Fsp3) is 1.00. The van der Waals surface area contributed by atoms with Crippen molar-refractivity contribution in [3.8, 4) is 0 Å². The van der Waals surface area contributed by atoms with E-state index in [2.05, 4.69) is 20.8 Å². The summed E-state index contributed by atoms with van der Waals surface area (Å²) in [4.78, 5) is 0. The Hall–Kier alpha value is -0.0400. The van der Waals surface area contributed by atoms with E-state index in [1.165, 1.54) is 96.3 Å². The van der Waals surface area contributed by atoms with Crippen LogP contribution in [0.3, 0.4) is 0 Å². The standard InChI is InChI=1S/C16H34O.C4H10/c1-2-3-4-5-6-7-8-9-10-11-12-13-14-15-16-17;1-3-4-2/h17H,2-16H2,1H3;3-4H2,1-2H3. The van der Waals surface area contributed by atoms with Gasteiger partial charge in [0.15, 0.2) is 0 Å². The molecular formula is C20H44O. The molecule has 0 aliphatic heterocycles. The maximum absolute atomic E-state index is 8.64. The Balaban J connectivity index is 0. The number of unbranched alkanes of at least 4 members (excludes halogenated alkanes) is 14. The molecule has 1 nitrogen and oxygen atoms in total. The molecule has 0 amide bonds. The van der Waals surface area contributed by atoms with E-state index in [0.717, 1.165) is 6.42 Å². The van der Waals surface area contributed by atoms with Crippen molar-refractivity contribution >= 4 is 0 Å². The second-order valence-corrected chi connectivity index (χ2v) is 6.32. The summed E-state index contributed by atoms with van der Waals surface area (Å²) < 4.78 is 0. The normalized spacial score (nSPS) is 10.3. The summed E-state index contributed by atoms with van der Waals surface area (Å²) >= 11 is 0. The first-order valence-electron chi connectivity index (χ1n) is 9.94. The first-order valence-corrected chi connectivity index (χ1v) is 9.94. The van der Waals surface area contributed by atoms with E-state index in [1.807, 2.05) is 0 Å². The Morgan fingerprint density at radius 1 is 0.381 bits per heavy atom. The van der Waals surface area contributed by atoms with Gasteiger partial charge in [-0.3, -0.25) is 0 Å². The van der Waals surface area contributed by atoms with Gasteiger partial charge in [0.05, 0.1) is 0 Å². The zero-order valence-electron chi connectivity index (χ0n) is 15.5. The predicted molar refractivity (Wildman–Crippen MR) is 98.0 cm³/mol. The summed E-state index contributed by atoms with van der Waals surface area (Å²) in [5.74, 6) is 0. The molecule has 0 radical (unpaired) electrons. The SMILES string of the molecule is CCCC.CCCCCCCCCCCCCCCCO. The number of hydrogen-bond donors (Lipinski definition) is 1. The van der Waals surface area contributed by atoms with Crippen molar-refractivity contribution in [1.82, 2.24) is 0 Å². The molecule has 130 valence electrons. The van der Waals surface area contributed by atoms with Gasteiger partial charge in [0.1, 0.15) is 0 Å². The molecule has 0 aromatic heterocycles. The first kappa shape index (κ1) is 23.2. The Morgan fingerprint density at radius 3 is 0.905 bits per heavy atom. The Bertz CT molecular complexity index is 129. The van der Waals surface area contributed by atoms with Crippen molar-refractivity contribution in [2.24, 2.45) is 0 Å². The first-order chi connectivity index (χ1) is 10.3. The zero-order chi connectivity index (χ0) is 16.0. The van der Waals surface area contributed by atoms with Gasteiger partial charge in [-0.25, -0.2) is 0 Å². The minimum absolute atomic E-state index is 0.373. The summed E-state index contributed by atoms with van der Waals surface area (Å²) in [7, 11) is 0. The van der Waals surface area contributed by atoms with Crippen molar-refractivity contribution in [1.29, 1.82) is 0 Å². The van der Waals surface area contributed by atoms with Crippen LogP contribution in [0.4, 0.5) is 0 Å². The number of rotatable bonds is 15. The van der Waals surface area contributed by atoms with Crippen LogP contribution < -0.4 is 0 Å². The van der Waals surface area contributed by atoms with Crippen LogP contribution in [-0.4, -0.2) is 11.7 Å². The third-order valence-electron chi connectivity index (χ3n) is 4.01. The molecule has 0 heterocycles. The average Bonchev–Trinajstić information content (AvgIpc) is 2.52. The van der Waals surface area contributed by atoms with Gasteiger partial charge in [-0.15, -0.1) is 0 Å². The Morgan fingerprint density at radius 2 is 0.667 bits per heavy atom. The number of aliphatic hydroxyl groups excluding tert-OH is 1. The van der Waals surface area contributed by atoms with Crippen LogP contribution in [0.15, 0.2) is 0 Å². The van der Waals surface area contributed by atoms with Gasteiger partial charge in [0, 0.05) is 6.61 Å². The predicted octanol–water partition coefficient (Wildman–Crippen LogP) is 7.27. The maximum Gasteiger partial charge on any atom is 0.0431 e. The highest BCUT2D eigenvalue weighted by atomic mass is 16.2. The van der Waals surface area contributed by atoms with E-state index < -0.39 is 0 Å². The van der Waals surface area contributed by atoms with Crippen molar-refractivity contribution in [3.05, 3.63) is 0 Å². The van der Waals surface area contributed by atoms with Crippen LogP contribution in [0.5, 0.6) is 0 Å². The van der Waals surface area contributed by atoms with Crippen molar-refractivity contribution < 1.29 is 5.11 Å². The maximum atomic E-state index is 8.64. The van der Waals surface area contributed by atoms with Crippen molar-refractivity contribution in [2.45, 2.75) is 124 Å². The van der Waals surface area contributed by atoms with Crippen LogP contribution in [0.1, 0.15) is 124 Å². The van der Waals surface area contributed by atoms with Gasteiger partial charge < -0.3 is 5.11 Å². The minimum Gasteiger partial charge on any atom is -0.396 e. The highest BCUT2D eigenvalue weighted by molar-refractivity contribution is 4.48. The third-order valence-corrected chi connectivity index (χ3v) is 4.01. The van der Waals surface area contributed by atoms with Crippen LogP contribution in [0.25, 0.3) is 0 Å². The Kier molecular flexibility index (Phi) is 27.6. The summed E-state index contributed by atoms with van der Waals surface area (Å²) in [6.45, 7) is 7.01. The third kappa shape index (κ3) is 28.8. The van der Waals surface area contributed by atoms with Gasteiger partial charge >= 0.3 is 0 Å². The molecule has 0 atom stereocenters. The lowest BCUT2D eigenvalue weighted by atomic mass is 10.0. The Labute approximate surface area is 135 Å². The van der Waals surface area contributed by atoms with Gasteiger partial charge in [-0.1, -0.05) is 117 Å². The molecule has 0 saturated heterocycles. The lowest BCUT2D eigenvalue weighted by molar-refractivity contribution is 0.282. The molecule has 0 unspecified atom stereocenters. The minimum atomic E-state index is 0.373. The molecule has 21 heavy (non-hydrogen) atoms. The van der Waals surface area contributed by atoms with E-state index in [9.17, 15) is 0 Å². The average molecular weight is 301 g/mol. The largest absolute Gasteiger partial charge is 0.396 e. The number of aliphatic hydroxyl groups is 1. The van der Waals surface area contributed by atoms with E-state index in [0.29, 0.717) is 6.61 Å². The van der Waals surface area contributed by atoms with E-state index in [1.54, 1.807) is 0 Å². The molecule has 0 rings (SSSR count). The fourth-order valence-electron chi connectivity index (χ4n) is 2.31. The highest BCUT2D eigenvalue weighted by Gasteiger charge is 1.93. The molecule has 0 aliphatic rings. The molecule has 0 saturated carbocycles. The molecule has 1 heteroatoms. The van der Waals surface area contributed by atoms with E-state index >= 15 is 0 Å². The molecule has 0 aromatic carbocycles. The van der Waals surface area contributed by atoms with Gasteiger partial charge in [-0.2, -0.15) is 0 Å². The second-order valence-electron chi connectivity index (χ2n) is 6.32.